The Hall–Kier alpha value is -11.7. The van der Waals surface area contributed by atoms with E-state index in [4.69, 9.17) is 19.9 Å². The highest BCUT2D eigenvalue weighted by atomic mass is 14.9. The molecule has 14 aromatic carbocycles. The van der Waals surface area contributed by atoms with Crippen molar-refractivity contribution in [3.63, 3.8) is 0 Å². The van der Waals surface area contributed by atoms with E-state index >= 15 is 0 Å². The van der Waals surface area contributed by atoms with Gasteiger partial charge in [-0.25, -0.2) is 19.9 Å². The Kier molecular flexibility index (Phi) is 12.2. The molecule has 0 saturated heterocycles. The molecule has 1 aliphatic rings. The molecule has 0 radical (unpaired) electrons. The highest BCUT2D eigenvalue weighted by Gasteiger charge is 2.27. The summed E-state index contributed by atoms with van der Waals surface area (Å²) in [5, 5.41) is 13.8. The van der Waals surface area contributed by atoms with Gasteiger partial charge in [-0.2, -0.15) is 0 Å². The Morgan fingerprint density at radius 3 is 1.29 bits per heavy atom. The van der Waals surface area contributed by atoms with Crippen LogP contribution in [-0.4, -0.2) is 19.9 Å². The van der Waals surface area contributed by atoms with Gasteiger partial charge in [-0.05, 0) is 153 Å². The summed E-state index contributed by atoms with van der Waals surface area (Å²) in [6, 6.07) is 110. The molecule has 18 rings (SSSR count). The fourth-order valence-corrected chi connectivity index (χ4v) is 14.6. The Morgan fingerprint density at radius 2 is 0.703 bits per heavy atom. The van der Waals surface area contributed by atoms with Crippen molar-refractivity contribution in [2.75, 3.05) is 0 Å². The topological polar surface area (TPSA) is 51.6 Å². The van der Waals surface area contributed by atoms with Gasteiger partial charge in [0.25, 0.3) is 0 Å². The number of hydrogen-bond acceptors (Lipinski definition) is 4. The summed E-state index contributed by atoms with van der Waals surface area (Å²) in [5.41, 5.74) is 23.3. The first kappa shape index (κ1) is 52.4. The largest absolute Gasteiger partial charge is 0.248 e. The van der Waals surface area contributed by atoms with Crippen LogP contribution in [-0.2, 0) is 6.42 Å². The molecule has 1 aliphatic carbocycles. The summed E-state index contributed by atoms with van der Waals surface area (Å²) in [6.45, 7) is 2.39. The lowest BCUT2D eigenvalue weighted by molar-refractivity contribution is 0.765. The second kappa shape index (κ2) is 21.3. The minimum atomic E-state index is 0.312. The predicted molar refractivity (Wildman–Crippen MR) is 380 cm³/mol. The van der Waals surface area contributed by atoms with Crippen LogP contribution < -0.4 is 0 Å². The van der Waals surface area contributed by atoms with E-state index in [0.717, 1.165) is 113 Å². The van der Waals surface area contributed by atoms with E-state index in [1.807, 2.05) is 0 Å². The Balaban J connectivity index is 0.878. The lowest BCUT2D eigenvalue weighted by atomic mass is 9.77. The van der Waals surface area contributed by atoms with Crippen molar-refractivity contribution < 1.29 is 0 Å². The molecule has 91 heavy (non-hydrogen) atoms. The number of hydrogen-bond donors (Lipinski definition) is 0. The van der Waals surface area contributed by atoms with Crippen LogP contribution in [0.4, 0.5) is 0 Å². The molecule has 1 atom stereocenters. The average Bonchev–Trinajstić information content (AvgIpc) is 0.787. The fourth-order valence-electron chi connectivity index (χ4n) is 14.6. The van der Waals surface area contributed by atoms with Crippen molar-refractivity contribution in [2.24, 2.45) is 0 Å². The van der Waals surface area contributed by atoms with Crippen molar-refractivity contribution in [3.8, 4) is 112 Å². The number of fused-ring (bicyclic) bond motifs is 1. The van der Waals surface area contributed by atoms with Gasteiger partial charge in [0.1, 0.15) is 0 Å². The molecule has 0 aliphatic heterocycles. The molecule has 0 fully saturated rings. The predicted octanol–water partition coefficient (Wildman–Crippen LogP) is 23.0. The molecule has 17 aromatic rings. The van der Waals surface area contributed by atoms with E-state index in [1.54, 1.807) is 0 Å². The molecule has 4 heteroatoms. The van der Waals surface area contributed by atoms with E-state index in [-0.39, 0.29) is 0 Å². The van der Waals surface area contributed by atoms with Gasteiger partial charge in [-0.3, -0.25) is 0 Å². The van der Waals surface area contributed by atoms with E-state index in [1.165, 1.54) is 76.1 Å². The number of benzene rings is 14. The van der Waals surface area contributed by atoms with Gasteiger partial charge in [0.05, 0.1) is 34.0 Å². The third kappa shape index (κ3) is 8.97. The molecule has 3 heterocycles. The monoisotopic (exact) mass is 1160 g/mol. The van der Waals surface area contributed by atoms with Crippen LogP contribution in [0.3, 0.4) is 0 Å². The second-order valence-corrected chi connectivity index (χ2v) is 24.5. The Labute approximate surface area is 527 Å². The lowest BCUT2D eigenvalue weighted by Gasteiger charge is -2.27. The Morgan fingerprint density at radius 1 is 0.264 bits per heavy atom. The highest BCUT2D eigenvalue weighted by molar-refractivity contribution is 6.26. The van der Waals surface area contributed by atoms with Gasteiger partial charge in [0, 0.05) is 44.3 Å². The number of rotatable bonds is 10. The summed E-state index contributed by atoms with van der Waals surface area (Å²) < 4.78 is 0. The maximum absolute atomic E-state index is 5.84. The van der Waals surface area contributed by atoms with Gasteiger partial charge in [-0.15, -0.1) is 0 Å². The summed E-state index contributed by atoms with van der Waals surface area (Å²) in [7, 11) is 0. The third-order valence-electron chi connectivity index (χ3n) is 19.0. The van der Waals surface area contributed by atoms with Crippen molar-refractivity contribution in [3.05, 3.63) is 314 Å². The van der Waals surface area contributed by atoms with Crippen molar-refractivity contribution in [1.29, 1.82) is 0 Å². The first-order chi connectivity index (χ1) is 45.0. The molecule has 3 aromatic heterocycles. The second-order valence-electron chi connectivity index (χ2n) is 24.5. The molecule has 0 N–H and O–H groups in total. The molecule has 0 spiro atoms. The fraction of sp³-hybridized carbons (Fsp3) is 0.0345. The first-order valence-corrected chi connectivity index (χ1v) is 31.5. The molecular formula is C87H56N4. The van der Waals surface area contributed by atoms with Crippen LogP contribution in [0.25, 0.3) is 177 Å². The van der Waals surface area contributed by atoms with Gasteiger partial charge in [-0.1, -0.05) is 274 Å². The standard InChI is InChI=1S/C87H56N4/c1-53-46-74-72(44-41-64-35-33-62-26-15-27-70(53)82(62)84(64)74)75-47-69(71-43-40-63-34-32-60-24-14-25-61-42-45-73(71)83(63)81(60)61)48-76-85(65-36-28-55(29-37-65)68-51-78(57-20-10-4-11-21-57)88-79(52-68)58-22-12-5-13-23-58)90-87(91-86(75)76)66-38-30-59(31-39-66)80-50-67(54-16-6-2-7-17-54)49-77(89-80)56-18-8-3-9-19-56/h2-45,47-53H,46H2,1H3. The smallest absolute Gasteiger partial charge is 0.160 e. The van der Waals surface area contributed by atoms with Gasteiger partial charge < -0.3 is 0 Å². The highest BCUT2D eigenvalue weighted by Crippen LogP contribution is 2.49. The minimum Gasteiger partial charge on any atom is -0.248 e. The van der Waals surface area contributed by atoms with Crippen LogP contribution in [0.15, 0.2) is 303 Å². The van der Waals surface area contributed by atoms with Gasteiger partial charge in [0.15, 0.2) is 5.82 Å². The van der Waals surface area contributed by atoms with Gasteiger partial charge in [0.2, 0.25) is 0 Å². The molecule has 0 amide bonds. The summed E-state index contributed by atoms with van der Waals surface area (Å²) in [5.74, 6) is 0.961. The Bertz CT molecular complexity index is 5580. The van der Waals surface area contributed by atoms with Crippen LogP contribution in [0, 0.1) is 0 Å². The van der Waals surface area contributed by atoms with E-state index in [0.29, 0.717) is 11.7 Å². The van der Waals surface area contributed by atoms with Crippen LogP contribution >= 0.6 is 0 Å². The third-order valence-corrected chi connectivity index (χ3v) is 19.0. The molecule has 0 bridgehead atoms. The van der Waals surface area contributed by atoms with Gasteiger partial charge >= 0.3 is 0 Å². The van der Waals surface area contributed by atoms with Crippen molar-refractivity contribution in [1.82, 2.24) is 19.9 Å². The zero-order valence-electron chi connectivity index (χ0n) is 49.9. The van der Waals surface area contributed by atoms with Crippen LogP contribution in [0.2, 0.25) is 0 Å². The normalized spacial score (nSPS) is 13.0. The maximum atomic E-state index is 5.84. The first-order valence-electron chi connectivity index (χ1n) is 31.5. The quantitative estimate of drug-likeness (QED) is 0.128. The lowest BCUT2D eigenvalue weighted by Crippen LogP contribution is -2.08. The molecule has 424 valence electrons. The minimum absolute atomic E-state index is 0.312. The van der Waals surface area contributed by atoms with E-state index in [9.17, 15) is 0 Å². The SMILES string of the molecule is CC1Cc2c(-c3cc(-c4ccc5ccc6cccc7ccc4c5c67)cc4c(-c5ccc(-c6cc(-c7ccccc7)nc(-c7ccccc7)c6)cc5)nc(-c5ccc(-c6cc(-c7ccccc7)cc(-c7ccccc7)n6)cc5)nc34)ccc3ccc4cccc1c4c23. The van der Waals surface area contributed by atoms with Crippen molar-refractivity contribution >= 4 is 64.8 Å². The zero-order chi connectivity index (χ0) is 60.1. The van der Waals surface area contributed by atoms with E-state index in [2.05, 4.69) is 310 Å². The van der Waals surface area contributed by atoms with Crippen LogP contribution in [0.1, 0.15) is 24.0 Å². The summed E-state index contributed by atoms with van der Waals surface area (Å²) >= 11 is 0. The van der Waals surface area contributed by atoms with Crippen molar-refractivity contribution in [2.45, 2.75) is 19.3 Å². The number of nitrogens with zero attached hydrogens (tertiary/aromatic N) is 4. The van der Waals surface area contributed by atoms with E-state index < -0.39 is 0 Å². The zero-order valence-corrected chi connectivity index (χ0v) is 49.9. The molecular weight excluding hydrogens is 1100 g/mol. The molecule has 1 unspecified atom stereocenters. The number of pyridine rings is 2. The molecule has 4 nitrogen and oxygen atoms in total. The maximum Gasteiger partial charge on any atom is 0.160 e. The summed E-state index contributed by atoms with van der Waals surface area (Å²) in [4.78, 5) is 22.2. The number of aromatic nitrogens is 4. The van der Waals surface area contributed by atoms with Crippen LogP contribution in [0.5, 0.6) is 0 Å². The molecule has 0 saturated carbocycles. The summed E-state index contributed by atoms with van der Waals surface area (Å²) in [6.07, 6.45) is 0.902. The average molecular weight is 1160 g/mol.